The average molecular weight is 405 g/mol. The van der Waals surface area contributed by atoms with Gasteiger partial charge in [-0.25, -0.2) is 0 Å². The predicted molar refractivity (Wildman–Crippen MR) is 108 cm³/mol. The summed E-state index contributed by atoms with van der Waals surface area (Å²) in [4.78, 5) is 27.9. The van der Waals surface area contributed by atoms with Crippen LogP contribution in [-0.2, 0) is 13.0 Å². The summed E-state index contributed by atoms with van der Waals surface area (Å²) < 4.78 is 0. The number of carbonyl (C=O) groups excluding carboxylic acids is 2. The Kier molecular flexibility index (Phi) is 6.60. The Morgan fingerprint density at radius 2 is 1.96 bits per heavy atom. The first-order valence-electron chi connectivity index (χ1n) is 8.40. The molecule has 0 spiro atoms. The molecule has 0 unspecified atom stereocenters. The maximum absolute atomic E-state index is 12.5. The van der Waals surface area contributed by atoms with Crippen molar-refractivity contribution in [2.45, 2.75) is 32.9 Å². The second kappa shape index (κ2) is 8.53. The third kappa shape index (κ3) is 4.30. The lowest BCUT2D eigenvalue weighted by molar-refractivity contribution is 0.0999. The first kappa shape index (κ1) is 20.9. The van der Waals surface area contributed by atoms with E-state index in [-0.39, 0.29) is 18.3 Å². The molecule has 142 valence electrons. The molecule has 1 aliphatic heterocycles. The van der Waals surface area contributed by atoms with Gasteiger partial charge in [-0.05, 0) is 50.1 Å². The molecule has 8 heteroatoms. The van der Waals surface area contributed by atoms with Crippen LogP contribution in [-0.4, -0.2) is 29.3 Å². The number of benzene rings is 1. The van der Waals surface area contributed by atoms with Crippen molar-refractivity contribution in [3.63, 3.8) is 0 Å². The largest absolute Gasteiger partial charge is 0.365 e. The highest BCUT2D eigenvalue weighted by Gasteiger charge is 2.28. The van der Waals surface area contributed by atoms with Gasteiger partial charge in [-0.2, -0.15) is 5.26 Å². The molecule has 2 amide bonds. The molecule has 0 atom stereocenters. The summed E-state index contributed by atoms with van der Waals surface area (Å²) in [5.74, 6) is -0.841. The van der Waals surface area contributed by atoms with Gasteiger partial charge < -0.3 is 11.1 Å². The van der Waals surface area contributed by atoms with E-state index < -0.39 is 5.91 Å². The van der Waals surface area contributed by atoms with Crippen molar-refractivity contribution in [1.29, 1.82) is 5.26 Å². The van der Waals surface area contributed by atoms with Crippen molar-refractivity contribution in [2.24, 2.45) is 5.73 Å². The van der Waals surface area contributed by atoms with Crippen molar-refractivity contribution in [2.75, 3.05) is 11.9 Å². The van der Waals surface area contributed by atoms with Crippen LogP contribution in [0.3, 0.4) is 0 Å². The molecule has 27 heavy (non-hydrogen) atoms. The number of nitrogens with zero attached hydrogens (tertiary/aromatic N) is 2. The number of halogens is 1. The fourth-order valence-electron chi connectivity index (χ4n) is 3.08. The molecule has 1 aliphatic rings. The van der Waals surface area contributed by atoms with Gasteiger partial charge in [-0.1, -0.05) is 0 Å². The van der Waals surface area contributed by atoms with Crippen molar-refractivity contribution >= 4 is 40.6 Å². The Bertz CT molecular complexity index is 900. The highest BCUT2D eigenvalue weighted by Crippen LogP contribution is 2.37. The smallest absolute Gasteiger partial charge is 0.256 e. The van der Waals surface area contributed by atoms with Gasteiger partial charge in [0.25, 0.3) is 11.8 Å². The van der Waals surface area contributed by atoms with Crippen LogP contribution in [0.15, 0.2) is 24.3 Å². The number of carbonyl (C=O) groups is 2. The number of thiophene rings is 1. The Balaban J connectivity index is 0.00000261. The van der Waals surface area contributed by atoms with Gasteiger partial charge in [-0.15, -0.1) is 23.7 Å². The van der Waals surface area contributed by atoms with E-state index in [2.05, 4.69) is 24.1 Å². The average Bonchev–Trinajstić information content (AvgIpc) is 2.98. The zero-order valence-corrected chi connectivity index (χ0v) is 16.7. The molecule has 2 aromatic rings. The van der Waals surface area contributed by atoms with Gasteiger partial charge >= 0.3 is 0 Å². The molecule has 0 aliphatic carbocycles. The van der Waals surface area contributed by atoms with Crippen LogP contribution in [0.5, 0.6) is 0 Å². The molecule has 0 bridgehead atoms. The zero-order valence-electron chi connectivity index (χ0n) is 15.1. The van der Waals surface area contributed by atoms with Gasteiger partial charge in [0.05, 0.1) is 17.2 Å². The second-order valence-electron chi connectivity index (χ2n) is 6.53. The van der Waals surface area contributed by atoms with Gasteiger partial charge in [0.1, 0.15) is 5.00 Å². The summed E-state index contributed by atoms with van der Waals surface area (Å²) in [6.07, 6.45) is 0.745. The molecule has 2 heterocycles. The van der Waals surface area contributed by atoms with Crippen molar-refractivity contribution in [3.8, 4) is 6.07 Å². The number of nitrogens with one attached hydrogen (secondary N) is 1. The quantitative estimate of drug-likeness (QED) is 0.817. The van der Waals surface area contributed by atoms with E-state index in [1.165, 1.54) is 11.3 Å². The number of hydrogen-bond acceptors (Lipinski definition) is 5. The van der Waals surface area contributed by atoms with Crippen molar-refractivity contribution in [1.82, 2.24) is 4.90 Å². The third-order valence-electron chi connectivity index (χ3n) is 4.57. The van der Waals surface area contributed by atoms with E-state index in [1.807, 2.05) is 6.07 Å². The predicted octanol–water partition coefficient (Wildman–Crippen LogP) is 3.16. The van der Waals surface area contributed by atoms with Gasteiger partial charge in [0.2, 0.25) is 0 Å². The topological polar surface area (TPSA) is 99.2 Å². The standard InChI is InChI=1S/C19H20N4O2S.ClH/c1-11(2)23-8-7-14-15(10-23)26-19(16(14)17(21)24)22-18(25)13-5-3-12(9-20)4-6-13;/h3-6,11H,7-8,10H2,1-2H3,(H2,21,24)(H,22,25);1H. The number of nitrogens with two attached hydrogens (primary N) is 1. The number of fused-ring (bicyclic) bond motifs is 1. The minimum Gasteiger partial charge on any atom is -0.365 e. The Hall–Kier alpha value is -2.40. The minimum absolute atomic E-state index is 0. The first-order valence-corrected chi connectivity index (χ1v) is 9.22. The molecule has 0 saturated carbocycles. The lowest BCUT2D eigenvalue weighted by Crippen LogP contribution is -2.35. The molecule has 1 aromatic carbocycles. The SMILES string of the molecule is CC(C)N1CCc2c(sc(NC(=O)c3ccc(C#N)cc3)c2C(N)=O)C1.Cl. The fourth-order valence-corrected chi connectivity index (χ4v) is 4.36. The summed E-state index contributed by atoms with van der Waals surface area (Å²) in [5.41, 5.74) is 7.89. The van der Waals surface area contributed by atoms with E-state index in [9.17, 15) is 9.59 Å². The van der Waals surface area contributed by atoms with E-state index in [4.69, 9.17) is 11.0 Å². The number of primary amides is 1. The van der Waals surface area contributed by atoms with Gasteiger partial charge in [0, 0.05) is 29.6 Å². The van der Waals surface area contributed by atoms with Crippen LogP contribution in [0.1, 0.15) is 50.6 Å². The monoisotopic (exact) mass is 404 g/mol. The Morgan fingerprint density at radius 3 is 2.52 bits per heavy atom. The molecule has 0 fully saturated rings. The van der Waals surface area contributed by atoms with Crippen LogP contribution in [0.2, 0.25) is 0 Å². The number of hydrogen-bond donors (Lipinski definition) is 2. The maximum Gasteiger partial charge on any atom is 0.256 e. The Morgan fingerprint density at radius 1 is 1.30 bits per heavy atom. The summed E-state index contributed by atoms with van der Waals surface area (Å²) in [7, 11) is 0. The van der Waals surface area contributed by atoms with Crippen LogP contribution in [0, 0.1) is 11.3 Å². The van der Waals surface area contributed by atoms with E-state index in [1.54, 1.807) is 24.3 Å². The van der Waals surface area contributed by atoms with Gasteiger partial charge in [0.15, 0.2) is 0 Å². The highest BCUT2D eigenvalue weighted by atomic mass is 35.5. The molecule has 3 rings (SSSR count). The lowest BCUT2D eigenvalue weighted by atomic mass is 10.0. The van der Waals surface area contributed by atoms with E-state index in [0.29, 0.717) is 27.7 Å². The van der Waals surface area contributed by atoms with Crippen LogP contribution in [0.25, 0.3) is 0 Å². The third-order valence-corrected chi connectivity index (χ3v) is 5.70. The number of amides is 2. The summed E-state index contributed by atoms with van der Waals surface area (Å²) in [5, 5.41) is 12.2. The van der Waals surface area contributed by atoms with Crippen molar-refractivity contribution in [3.05, 3.63) is 51.4 Å². The van der Waals surface area contributed by atoms with E-state index >= 15 is 0 Å². The molecule has 0 saturated heterocycles. The molecular formula is C19H21ClN4O2S. The number of nitriles is 1. The first-order chi connectivity index (χ1) is 12.4. The maximum atomic E-state index is 12.5. The fraction of sp³-hybridized carbons (Fsp3) is 0.316. The minimum atomic E-state index is -0.518. The van der Waals surface area contributed by atoms with Gasteiger partial charge in [-0.3, -0.25) is 14.5 Å². The molecule has 6 nitrogen and oxygen atoms in total. The lowest BCUT2D eigenvalue weighted by Gasteiger charge is -2.30. The highest BCUT2D eigenvalue weighted by molar-refractivity contribution is 7.17. The number of rotatable bonds is 4. The zero-order chi connectivity index (χ0) is 18.8. The van der Waals surface area contributed by atoms with Crippen LogP contribution >= 0.6 is 23.7 Å². The number of anilines is 1. The summed E-state index contributed by atoms with van der Waals surface area (Å²) >= 11 is 1.42. The molecule has 3 N–H and O–H groups in total. The Labute approximate surface area is 168 Å². The second-order valence-corrected chi connectivity index (χ2v) is 7.63. The van der Waals surface area contributed by atoms with Crippen LogP contribution in [0.4, 0.5) is 5.00 Å². The molecular weight excluding hydrogens is 384 g/mol. The van der Waals surface area contributed by atoms with Crippen molar-refractivity contribution < 1.29 is 9.59 Å². The molecule has 0 radical (unpaired) electrons. The summed E-state index contributed by atoms with van der Waals surface area (Å²) in [6, 6.07) is 8.79. The van der Waals surface area contributed by atoms with Crippen LogP contribution < -0.4 is 11.1 Å². The molecule has 1 aromatic heterocycles. The van der Waals surface area contributed by atoms with E-state index in [0.717, 1.165) is 30.0 Å². The summed E-state index contributed by atoms with van der Waals surface area (Å²) in [6.45, 7) is 5.90. The normalized spacial score (nSPS) is 13.4.